The zero-order valence-corrected chi connectivity index (χ0v) is 10.8. The first kappa shape index (κ1) is 77.6. The van der Waals surface area contributed by atoms with E-state index >= 15 is 0 Å². The minimum Gasteiger partial charge on any atom is -1.00 e. The molecule has 0 aliphatic heterocycles. The van der Waals surface area contributed by atoms with Crippen LogP contribution in [-0.4, -0.2) is 0 Å². The van der Waals surface area contributed by atoms with E-state index in [1.807, 2.05) is 0 Å². The van der Waals surface area contributed by atoms with Gasteiger partial charge in [-0.25, -0.2) is 0 Å². The quantitative estimate of drug-likeness (QED) is 0.277. The van der Waals surface area contributed by atoms with Crippen molar-refractivity contribution < 1.29 is 168 Å². The van der Waals surface area contributed by atoms with Crippen LogP contribution in [0.2, 0.25) is 0 Å². The van der Waals surface area contributed by atoms with E-state index in [0.717, 1.165) is 0 Å². The second-order valence-electron chi connectivity index (χ2n) is 0. The molecule has 0 fully saturated rings. The maximum Gasteiger partial charge on any atom is 3.00 e. The summed E-state index contributed by atoms with van der Waals surface area (Å²) in [7, 11) is 0. The first-order chi connectivity index (χ1) is 0. The van der Waals surface area contributed by atoms with Gasteiger partial charge >= 0.3 is 93.8 Å². The summed E-state index contributed by atoms with van der Waals surface area (Å²) in [6.45, 7) is 0. The van der Waals surface area contributed by atoms with E-state index in [1.165, 1.54) is 0 Å². The number of rotatable bonds is 0. The molecule has 0 nitrogen and oxygen atoms in total. The standard InChI is InChI=1S/6ClH.2Yb/h6*1H;;/q;;;;;;2*+3/p-6. The van der Waals surface area contributed by atoms with E-state index < -0.39 is 0 Å². The zero-order valence-electron chi connectivity index (χ0n) is 2.80. The van der Waals surface area contributed by atoms with Crippen molar-refractivity contribution in [3.05, 3.63) is 0 Å². The van der Waals surface area contributed by atoms with Crippen LogP contribution in [0.4, 0.5) is 0 Å². The van der Waals surface area contributed by atoms with Crippen LogP contribution < -0.4 is 74.4 Å². The molecule has 0 spiro atoms. The minimum absolute atomic E-state index is 0. The molecule has 0 amide bonds. The van der Waals surface area contributed by atoms with Crippen LogP contribution in [0.1, 0.15) is 0 Å². The minimum atomic E-state index is 0. The van der Waals surface area contributed by atoms with Gasteiger partial charge in [0.2, 0.25) is 0 Å². The Morgan fingerprint density at radius 2 is 0.250 bits per heavy atom. The van der Waals surface area contributed by atoms with Gasteiger partial charge in [-0.05, 0) is 0 Å². The molecule has 0 atom stereocenters. The van der Waals surface area contributed by atoms with Crippen molar-refractivity contribution >= 4 is 0 Å². The first-order valence-electron chi connectivity index (χ1n) is 0. The van der Waals surface area contributed by atoms with E-state index in [2.05, 4.69) is 0 Å². The molecule has 0 unspecified atom stereocenters. The van der Waals surface area contributed by atoms with E-state index in [4.69, 9.17) is 0 Å². The molecule has 0 aliphatic carbocycles. The van der Waals surface area contributed by atoms with E-state index in [1.54, 1.807) is 0 Å². The molecule has 0 aromatic rings. The molecular formula is Cl6Yb2. The van der Waals surface area contributed by atoms with Crippen LogP contribution in [-0.2, 0) is 0 Å². The molecule has 0 saturated carbocycles. The van der Waals surface area contributed by atoms with Gasteiger partial charge < -0.3 is 74.4 Å². The third-order valence-electron chi connectivity index (χ3n) is 0. The third kappa shape index (κ3) is 45.1. The summed E-state index contributed by atoms with van der Waals surface area (Å²) in [4.78, 5) is 0. The van der Waals surface area contributed by atoms with Crippen LogP contribution in [0.25, 0.3) is 0 Å². The Hall–Kier alpha value is 4.78. The summed E-state index contributed by atoms with van der Waals surface area (Å²) in [6.07, 6.45) is 0. The summed E-state index contributed by atoms with van der Waals surface area (Å²) in [5, 5.41) is 0. The summed E-state index contributed by atoms with van der Waals surface area (Å²) < 4.78 is 0. The van der Waals surface area contributed by atoms with Gasteiger partial charge in [-0.3, -0.25) is 0 Å². The average molecular weight is 559 g/mol. The largest absolute Gasteiger partial charge is 3.00 e. The van der Waals surface area contributed by atoms with Gasteiger partial charge in [0.1, 0.15) is 0 Å². The number of hydrogen-bond acceptors (Lipinski definition) is 0. The fourth-order valence-electron chi connectivity index (χ4n) is 0. The molecule has 70 valence electrons. The maximum absolute atomic E-state index is 0. The fraction of sp³-hybridized carbons (Fsp3) is 0. The van der Waals surface area contributed by atoms with Crippen molar-refractivity contribution in [1.82, 2.24) is 0 Å². The predicted octanol–water partition coefficient (Wildman–Crippen LogP) is -18.0. The number of hydrogen-bond donors (Lipinski definition) is 0. The van der Waals surface area contributed by atoms with Crippen molar-refractivity contribution in [2.45, 2.75) is 0 Å². The maximum atomic E-state index is 0. The summed E-state index contributed by atoms with van der Waals surface area (Å²) >= 11 is 0. The Kier molecular flexibility index (Phi) is 581. The Labute approximate surface area is 164 Å². The van der Waals surface area contributed by atoms with Crippen molar-refractivity contribution in [3.8, 4) is 0 Å². The topological polar surface area (TPSA) is 0 Å². The van der Waals surface area contributed by atoms with Crippen molar-refractivity contribution in [3.63, 3.8) is 0 Å². The molecule has 8 heavy (non-hydrogen) atoms. The number of halogens is 6. The van der Waals surface area contributed by atoms with Crippen LogP contribution in [0.5, 0.6) is 0 Å². The summed E-state index contributed by atoms with van der Waals surface area (Å²) in [5.41, 5.74) is 0. The molecule has 0 aromatic heterocycles. The Morgan fingerprint density at radius 1 is 0.250 bits per heavy atom. The van der Waals surface area contributed by atoms with E-state index in [9.17, 15) is 0 Å². The second-order valence-corrected chi connectivity index (χ2v) is 0. The van der Waals surface area contributed by atoms with Crippen molar-refractivity contribution in [1.29, 1.82) is 0 Å². The molecule has 0 rings (SSSR count). The fourth-order valence-corrected chi connectivity index (χ4v) is 0. The molecule has 0 bridgehead atoms. The van der Waals surface area contributed by atoms with Gasteiger partial charge in [-0.2, -0.15) is 0 Å². The monoisotopic (exact) mass is 558 g/mol. The summed E-state index contributed by atoms with van der Waals surface area (Å²) in [5.74, 6) is 0. The van der Waals surface area contributed by atoms with Crippen molar-refractivity contribution in [2.75, 3.05) is 0 Å². The summed E-state index contributed by atoms with van der Waals surface area (Å²) in [6, 6.07) is 0. The van der Waals surface area contributed by atoms with Crippen LogP contribution in [0.15, 0.2) is 0 Å². The predicted molar refractivity (Wildman–Crippen MR) is 0 cm³/mol. The molecule has 2 radical (unpaired) electrons. The Morgan fingerprint density at radius 3 is 0.250 bits per heavy atom. The van der Waals surface area contributed by atoms with Gasteiger partial charge in [0.15, 0.2) is 0 Å². The van der Waals surface area contributed by atoms with Crippen LogP contribution in [0.3, 0.4) is 0 Å². The van der Waals surface area contributed by atoms with E-state index in [-0.39, 0.29) is 168 Å². The third-order valence-corrected chi connectivity index (χ3v) is 0. The molecule has 8 heteroatoms. The van der Waals surface area contributed by atoms with Crippen molar-refractivity contribution in [2.24, 2.45) is 0 Å². The molecule has 0 heterocycles. The first-order valence-corrected chi connectivity index (χ1v) is 0. The normalized spacial score (nSPS) is 0. The van der Waals surface area contributed by atoms with Gasteiger partial charge in [0.05, 0.1) is 0 Å². The van der Waals surface area contributed by atoms with Gasteiger partial charge in [-0.15, -0.1) is 0 Å². The van der Waals surface area contributed by atoms with Gasteiger partial charge in [-0.1, -0.05) is 0 Å². The molecule has 0 aliphatic rings. The van der Waals surface area contributed by atoms with Crippen LogP contribution in [0, 0.1) is 93.8 Å². The Balaban J connectivity index is 0. The van der Waals surface area contributed by atoms with Crippen LogP contribution >= 0.6 is 0 Å². The smallest absolute Gasteiger partial charge is 1.00 e. The van der Waals surface area contributed by atoms with Gasteiger partial charge in [0, 0.05) is 0 Å². The Bertz CT molecular complexity index is 6.49. The molecule has 0 saturated heterocycles. The zero-order chi connectivity index (χ0) is 0. The second kappa shape index (κ2) is 59.9. The van der Waals surface area contributed by atoms with E-state index in [0.29, 0.717) is 0 Å². The average Bonchev–Trinajstić information content (AvgIpc) is 0. The van der Waals surface area contributed by atoms with Gasteiger partial charge in [0.25, 0.3) is 0 Å². The SMILES string of the molecule is [Cl-].[Cl-].[Cl-].[Cl-].[Cl-].[Cl-].[Yb+3].[Yb+3]. The molecule has 0 N–H and O–H groups in total. The molecular weight excluding hydrogens is 559 g/mol. The molecule has 0 aromatic carbocycles.